The Kier molecular flexibility index (Phi) is 15.7. The molecule has 0 radical (unpaired) electrons. The van der Waals surface area contributed by atoms with Crippen molar-refractivity contribution >= 4 is 78.0 Å². The van der Waals surface area contributed by atoms with Crippen molar-refractivity contribution < 1.29 is 35.9 Å². The van der Waals surface area contributed by atoms with Gasteiger partial charge in [-0.1, -0.05) is 119 Å². The fraction of sp³-hybridized carbons (Fsp3) is 0.323. The van der Waals surface area contributed by atoms with Crippen LogP contribution in [-0.2, 0) is 40.4 Å². The maximum Gasteiger partial charge on any atom is 0.409 e. The van der Waals surface area contributed by atoms with Gasteiger partial charge < -0.3 is 19.3 Å². The topological polar surface area (TPSA) is 158 Å². The molecule has 0 bridgehead atoms. The van der Waals surface area contributed by atoms with Gasteiger partial charge in [0.05, 0.1) is 20.6 Å². The van der Waals surface area contributed by atoms with E-state index >= 15 is 0 Å². The highest BCUT2D eigenvalue weighted by atomic mass is 35.5. The zero-order valence-electron chi connectivity index (χ0n) is 46.6. The van der Waals surface area contributed by atoms with Crippen LogP contribution in [0.15, 0.2) is 168 Å². The number of sulfonamides is 2. The zero-order valence-corrected chi connectivity index (χ0v) is 49.8. The Morgan fingerprint density at radius 1 is 0.512 bits per heavy atom. The second kappa shape index (κ2) is 21.8. The highest BCUT2D eigenvalue weighted by Crippen LogP contribution is 2.57. The third-order valence-electron chi connectivity index (χ3n) is 15.1. The van der Waals surface area contributed by atoms with Crippen LogP contribution in [-0.4, -0.2) is 88.4 Å². The average Bonchev–Trinajstić information content (AvgIpc) is 3.91. The number of aryl methyl sites for hydroxylation is 2. The summed E-state index contributed by atoms with van der Waals surface area (Å²) in [7, 11) is -3.78. The van der Waals surface area contributed by atoms with E-state index in [0.29, 0.717) is 22.9 Å². The third-order valence-corrected chi connectivity index (χ3v) is 19.1. The van der Waals surface area contributed by atoms with Crippen LogP contribution < -0.4 is 20.4 Å². The molecular weight excluding hydrogens is 1090 g/mol. The Morgan fingerprint density at radius 3 is 1.16 bits per heavy atom. The van der Waals surface area contributed by atoms with Crippen LogP contribution in [0, 0.1) is 13.8 Å². The summed E-state index contributed by atoms with van der Waals surface area (Å²) >= 11 is 12.5. The third kappa shape index (κ3) is 11.1. The largest absolute Gasteiger partial charge is 0.444 e. The summed E-state index contributed by atoms with van der Waals surface area (Å²) in [4.78, 5) is 30.8. The van der Waals surface area contributed by atoms with E-state index in [1.165, 1.54) is 8.61 Å². The molecule has 6 aromatic carbocycles. The summed E-state index contributed by atoms with van der Waals surface area (Å²) in [5.74, 6) is 0. The maximum atomic E-state index is 13.8. The summed E-state index contributed by atoms with van der Waals surface area (Å²) in [6, 6.07) is 44.5. The zero-order chi connectivity index (χ0) is 57.7. The van der Waals surface area contributed by atoms with E-state index in [4.69, 9.17) is 32.7 Å². The van der Waals surface area contributed by atoms with Gasteiger partial charge in [0.15, 0.2) is 0 Å². The molecule has 0 aliphatic carbocycles. The molecule has 0 aromatic heterocycles. The lowest BCUT2D eigenvalue weighted by Crippen LogP contribution is -2.58. The molecule has 420 valence electrons. The van der Waals surface area contributed by atoms with Crippen molar-refractivity contribution in [2.24, 2.45) is 0 Å². The van der Waals surface area contributed by atoms with Crippen molar-refractivity contribution in [1.82, 2.24) is 19.2 Å². The van der Waals surface area contributed by atoms with Crippen LogP contribution in [0.25, 0.3) is 11.1 Å². The summed E-state index contributed by atoms with van der Waals surface area (Å²) in [6.07, 6.45) is 2.15. The number of alkyl carbamates (subject to hydrolysis) is 2. The van der Waals surface area contributed by atoms with Gasteiger partial charge in [0.25, 0.3) is 20.0 Å². The first kappa shape index (κ1) is 57.7. The fourth-order valence-corrected chi connectivity index (χ4v) is 14.3. The van der Waals surface area contributed by atoms with Crippen molar-refractivity contribution in [3.8, 4) is 0 Å². The molecule has 4 atom stereocenters. The minimum Gasteiger partial charge on any atom is -0.444 e. The van der Waals surface area contributed by atoms with Crippen LogP contribution >= 0.6 is 23.2 Å². The Morgan fingerprint density at radius 2 is 0.838 bits per heavy atom. The van der Waals surface area contributed by atoms with Crippen molar-refractivity contribution in [3.63, 3.8) is 0 Å². The van der Waals surface area contributed by atoms with Crippen LogP contribution in [0.3, 0.4) is 0 Å². The number of amides is 2. The van der Waals surface area contributed by atoms with Crippen LogP contribution in [0.4, 0.5) is 21.0 Å². The first-order valence-electron chi connectivity index (χ1n) is 26.4. The molecule has 0 unspecified atom stereocenters. The van der Waals surface area contributed by atoms with Crippen molar-refractivity contribution in [3.05, 3.63) is 201 Å². The number of nitrogens with one attached hydrogen (secondary N) is 2. The summed E-state index contributed by atoms with van der Waals surface area (Å²) in [5, 5.41) is 7.40. The van der Waals surface area contributed by atoms with Crippen LogP contribution in [0.5, 0.6) is 0 Å². The number of fused-ring (bicyclic) bond motifs is 4. The van der Waals surface area contributed by atoms with E-state index in [-0.39, 0.29) is 22.9 Å². The normalized spacial score (nSPS) is 20.8. The number of carbonyl (C=O) groups excluding carboxylic acids is 2. The van der Waals surface area contributed by atoms with E-state index < -0.39 is 66.6 Å². The number of carbonyl (C=O) groups is 2. The Labute approximate surface area is 481 Å². The number of ether oxygens (including phenoxy) is 2. The molecular formula is C62H68Cl2N6O8S2. The van der Waals surface area contributed by atoms with E-state index in [2.05, 4.69) is 22.8 Å². The van der Waals surface area contributed by atoms with Gasteiger partial charge in [0.1, 0.15) is 23.5 Å². The lowest BCUT2D eigenvalue weighted by atomic mass is 9.67. The average molecular weight is 1160 g/mol. The molecule has 2 amide bonds. The number of nitrogens with zero attached hydrogens (tertiary/aromatic N) is 4. The van der Waals surface area contributed by atoms with Crippen molar-refractivity contribution in [1.29, 1.82) is 0 Å². The second-order valence-corrected chi connectivity index (χ2v) is 27.4. The predicted molar refractivity (Wildman–Crippen MR) is 318 cm³/mol. The summed E-state index contributed by atoms with van der Waals surface area (Å²) in [5.41, 5.74) is 6.16. The summed E-state index contributed by atoms with van der Waals surface area (Å²) in [6.45, 7) is 15.2. The van der Waals surface area contributed by atoms with Gasteiger partial charge in [-0.15, -0.1) is 0 Å². The van der Waals surface area contributed by atoms with Crippen LogP contribution in [0.2, 0.25) is 10.0 Å². The van der Waals surface area contributed by atoms with Gasteiger partial charge in [-0.05, 0) is 162 Å². The van der Waals surface area contributed by atoms with Gasteiger partial charge in [-0.3, -0.25) is 19.2 Å². The lowest BCUT2D eigenvalue weighted by Gasteiger charge is -2.45. The Bertz CT molecular complexity index is 3370. The molecule has 14 nitrogen and oxygen atoms in total. The molecule has 80 heavy (non-hydrogen) atoms. The molecule has 18 heteroatoms. The number of likely N-dealkylation sites (N-methyl/N-ethyl adjacent to an activating group) is 2. The smallest absolute Gasteiger partial charge is 0.409 e. The molecule has 4 heterocycles. The lowest BCUT2D eigenvalue weighted by molar-refractivity contribution is 0.0476. The number of rotatable bonds is 8. The molecule has 0 saturated heterocycles. The first-order valence-corrected chi connectivity index (χ1v) is 30.1. The number of anilines is 2. The molecule has 10 rings (SSSR count). The molecule has 2 spiro atoms. The SMILES string of the molecule is Cc1ccc(S(=O)(=O)N2C=C(c3ccc(Cl)cc3)[C@@]3(CC2)c2ccccc2N(C)[C@@H]3NC(=O)OC(C)(C)C)cc1.Cc1ccc(S(=O)(=O)N2C=C(c3ccc(Cl)cc3)[C@@]3(CC2)c2ccccc2N(C)[C@@H]3NC(=O)OC(C)(C)C)cc1. The Balaban J connectivity index is 0.000000194. The predicted octanol–water partition coefficient (Wildman–Crippen LogP) is 12.6. The minimum atomic E-state index is -3.82. The molecule has 6 aromatic rings. The monoisotopic (exact) mass is 1160 g/mol. The number of hydrogen-bond donors (Lipinski definition) is 2. The van der Waals surface area contributed by atoms with Gasteiger partial charge in [-0.25, -0.2) is 26.4 Å². The minimum absolute atomic E-state index is 0.224. The molecule has 0 saturated carbocycles. The molecule has 4 aliphatic heterocycles. The quantitative estimate of drug-likeness (QED) is 0.150. The number of hydrogen-bond acceptors (Lipinski definition) is 10. The standard InChI is InChI=1S/2C31H34ClN3O4S/c2*1-21-10-16-24(17-11-21)40(37,38)35-19-18-31(26(20-35)22-12-14-23(32)15-13-22)25-8-6-7-9-27(25)34(5)28(31)33-29(36)39-30(2,3)4/h2*6-17,20,28H,18-19H2,1-5H3,(H,33,36)/t2*28-,31+/m00/s1. The van der Waals surface area contributed by atoms with Gasteiger partial charge in [-0.2, -0.15) is 0 Å². The number of para-hydroxylation sites is 2. The molecule has 0 fully saturated rings. The van der Waals surface area contributed by atoms with Crippen molar-refractivity contribution in [2.45, 2.75) is 112 Å². The maximum absolute atomic E-state index is 13.8. The van der Waals surface area contributed by atoms with E-state index in [0.717, 1.165) is 55.9 Å². The summed E-state index contributed by atoms with van der Waals surface area (Å²) < 4.78 is 69.4. The van der Waals surface area contributed by atoms with E-state index in [9.17, 15) is 26.4 Å². The van der Waals surface area contributed by atoms with E-state index in [1.54, 1.807) is 85.2 Å². The van der Waals surface area contributed by atoms with Gasteiger partial charge in [0.2, 0.25) is 0 Å². The Hall–Kier alpha value is -6.98. The van der Waals surface area contributed by atoms with E-state index in [1.807, 2.05) is 140 Å². The molecule has 2 N–H and O–H groups in total. The van der Waals surface area contributed by atoms with Gasteiger partial charge in [0, 0.05) is 61.0 Å². The second-order valence-electron chi connectivity index (χ2n) is 22.8. The molecule has 4 aliphatic rings. The first-order chi connectivity index (χ1) is 37.7. The van der Waals surface area contributed by atoms with Crippen molar-refractivity contribution in [2.75, 3.05) is 37.0 Å². The van der Waals surface area contributed by atoms with Gasteiger partial charge >= 0.3 is 12.2 Å². The highest BCUT2D eigenvalue weighted by Gasteiger charge is 2.57. The highest BCUT2D eigenvalue weighted by molar-refractivity contribution is 7.89. The number of benzene rings is 6. The van der Waals surface area contributed by atoms with Crippen LogP contribution in [0.1, 0.15) is 87.8 Å². The fourth-order valence-electron chi connectivity index (χ4n) is 11.4. The number of halogens is 2.